The molecule has 0 spiro atoms. The Morgan fingerprint density at radius 2 is 2.27 bits per heavy atom. The van der Waals surface area contributed by atoms with Gasteiger partial charge in [0.2, 0.25) is 0 Å². The van der Waals surface area contributed by atoms with Crippen LogP contribution in [0.1, 0.15) is 37.5 Å². The van der Waals surface area contributed by atoms with E-state index in [1.54, 1.807) is 0 Å². The van der Waals surface area contributed by atoms with Gasteiger partial charge < -0.3 is 9.88 Å². The van der Waals surface area contributed by atoms with Gasteiger partial charge in [-0.25, -0.2) is 4.98 Å². The molecule has 0 amide bonds. The Kier molecular flexibility index (Phi) is 1.93. The predicted molar refractivity (Wildman–Crippen MR) is 59.7 cm³/mol. The van der Waals surface area contributed by atoms with E-state index in [2.05, 4.69) is 23.7 Å². The summed E-state index contributed by atoms with van der Waals surface area (Å²) in [5, 5.41) is 3.39. The van der Waals surface area contributed by atoms with Gasteiger partial charge in [-0.2, -0.15) is 0 Å². The predicted octanol–water partition coefficient (Wildman–Crippen LogP) is 1.50. The Bertz CT molecular complexity index is 390. The fourth-order valence-electron chi connectivity index (χ4n) is 2.78. The minimum absolute atomic E-state index is 0.467. The Morgan fingerprint density at radius 3 is 3.13 bits per heavy atom. The lowest BCUT2D eigenvalue weighted by Gasteiger charge is -2.30. The van der Waals surface area contributed by atoms with Gasteiger partial charge >= 0.3 is 0 Å². The van der Waals surface area contributed by atoms with Crippen LogP contribution in [-0.2, 0) is 25.9 Å². The molecule has 3 nitrogen and oxygen atoms in total. The van der Waals surface area contributed by atoms with Crippen molar-refractivity contribution in [3.63, 3.8) is 0 Å². The number of imidazole rings is 1. The average Bonchev–Trinajstić information content (AvgIpc) is 2.55. The summed E-state index contributed by atoms with van der Waals surface area (Å²) in [6.45, 7) is 7.89. The third-order valence-electron chi connectivity index (χ3n) is 3.71. The van der Waals surface area contributed by atoms with Gasteiger partial charge in [0.15, 0.2) is 0 Å². The molecule has 0 unspecified atom stereocenters. The van der Waals surface area contributed by atoms with E-state index in [9.17, 15) is 0 Å². The number of fused-ring (bicyclic) bond motifs is 3. The number of hydrogen-bond donors (Lipinski definition) is 1. The largest absolute Gasteiger partial charge is 0.329 e. The first kappa shape index (κ1) is 9.40. The second-order valence-corrected chi connectivity index (χ2v) is 5.59. The molecule has 82 valence electrons. The molecule has 0 aromatic carbocycles. The maximum atomic E-state index is 4.76. The molecule has 2 aliphatic rings. The fourth-order valence-corrected chi connectivity index (χ4v) is 2.78. The lowest BCUT2D eigenvalue weighted by atomic mass is 9.78. The number of nitrogens with zero attached hydrogens (tertiary/aromatic N) is 2. The lowest BCUT2D eigenvalue weighted by Crippen LogP contribution is -2.30. The van der Waals surface area contributed by atoms with Crippen LogP contribution in [0.5, 0.6) is 0 Å². The number of rotatable bonds is 0. The minimum Gasteiger partial charge on any atom is -0.329 e. The topological polar surface area (TPSA) is 29.9 Å². The van der Waals surface area contributed by atoms with Gasteiger partial charge in [0.25, 0.3) is 0 Å². The molecule has 1 aromatic heterocycles. The second-order valence-electron chi connectivity index (χ2n) is 5.59. The van der Waals surface area contributed by atoms with Gasteiger partial charge in [-0.15, -0.1) is 0 Å². The summed E-state index contributed by atoms with van der Waals surface area (Å²) < 4.78 is 2.45. The van der Waals surface area contributed by atoms with Crippen molar-refractivity contribution in [3.05, 3.63) is 17.2 Å². The highest BCUT2D eigenvalue weighted by atomic mass is 15.2. The highest BCUT2D eigenvalue weighted by molar-refractivity contribution is 5.23. The smallest absolute Gasteiger partial charge is 0.123 e. The van der Waals surface area contributed by atoms with Crippen LogP contribution in [0.2, 0.25) is 0 Å². The highest BCUT2D eigenvalue weighted by Crippen LogP contribution is 2.35. The Balaban J connectivity index is 2.04. The SMILES string of the molecule is CC1(C)CCc2nc3n(c2C1)CCNC3. The summed E-state index contributed by atoms with van der Waals surface area (Å²) in [6, 6.07) is 0. The van der Waals surface area contributed by atoms with Crippen LogP contribution in [0, 0.1) is 5.41 Å². The number of aromatic nitrogens is 2. The van der Waals surface area contributed by atoms with E-state index in [1.807, 2.05) is 0 Å². The third kappa shape index (κ3) is 1.49. The molecular weight excluding hydrogens is 186 g/mol. The van der Waals surface area contributed by atoms with E-state index in [0.29, 0.717) is 5.41 Å². The van der Waals surface area contributed by atoms with Crippen molar-refractivity contribution < 1.29 is 0 Å². The molecule has 2 heterocycles. The van der Waals surface area contributed by atoms with Gasteiger partial charge in [0.1, 0.15) is 5.82 Å². The van der Waals surface area contributed by atoms with Crippen molar-refractivity contribution in [1.82, 2.24) is 14.9 Å². The molecule has 1 N–H and O–H groups in total. The van der Waals surface area contributed by atoms with Crippen LogP contribution < -0.4 is 5.32 Å². The van der Waals surface area contributed by atoms with Gasteiger partial charge in [-0.05, 0) is 24.7 Å². The highest BCUT2D eigenvalue weighted by Gasteiger charge is 2.30. The summed E-state index contributed by atoms with van der Waals surface area (Å²) in [7, 11) is 0. The van der Waals surface area contributed by atoms with Crippen molar-refractivity contribution in [1.29, 1.82) is 0 Å². The summed E-state index contributed by atoms with van der Waals surface area (Å²) in [4.78, 5) is 4.76. The minimum atomic E-state index is 0.467. The molecule has 0 radical (unpaired) electrons. The zero-order chi connectivity index (χ0) is 10.5. The van der Waals surface area contributed by atoms with Crippen LogP contribution in [-0.4, -0.2) is 16.1 Å². The Hall–Kier alpha value is -0.830. The average molecular weight is 205 g/mol. The zero-order valence-electron chi connectivity index (χ0n) is 9.64. The fraction of sp³-hybridized carbons (Fsp3) is 0.750. The van der Waals surface area contributed by atoms with Crippen molar-refractivity contribution >= 4 is 0 Å². The number of aryl methyl sites for hydroxylation is 1. The monoisotopic (exact) mass is 205 g/mol. The first-order chi connectivity index (χ1) is 7.16. The first-order valence-electron chi connectivity index (χ1n) is 5.94. The van der Waals surface area contributed by atoms with E-state index in [4.69, 9.17) is 4.98 Å². The lowest BCUT2D eigenvalue weighted by molar-refractivity contribution is 0.302. The number of hydrogen-bond acceptors (Lipinski definition) is 2. The van der Waals surface area contributed by atoms with Crippen molar-refractivity contribution in [2.75, 3.05) is 6.54 Å². The van der Waals surface area contributed by atoms with E-state index in [-0.39, 0.29) is 0 Å². The molecule has 15 heavy (non-hydrogen) atoms. The summed E-state index contributed by atoms with van der Waals surface area (Å²) in [6.07, 6.45) is 3.65. The van der Waals surface area contributed by atoms with E-state index in [0.717, 1.165) is 19.6 Å². The third-order valence-corrected chi connectivity index (χ3v) is 3.71. The molecule has 1 aliphatic heterocycles. The van der Waals surface area contributed by atoms with Crippen LogP contribution in [0.4, 0.5) is 0 Å². The normalized spacial score (nSPS) is 23.3. The van der Waals surface area contributed by atoms with Gasteiger partial charge in [0.05, 0.1) is 12.2 Å². The molecule has 0 saturated heterocycles. The van der Waals surface area contributed by atoms with E-state index in [1.165, 1.54) is 36.5 Å². The molecular formula is C12H19N3. The standard InChI is InChI=1S/C12H19N3/c1-12(2)4-3-9-10(7-12)15-6-5-13-8-11(15)14-9/h13H,3-8H2,1-2H3. The summed E-state index contributed by atoms with van der Waals surface area (Å²) in [5.41, 5.74) is 3.35. The van der Waals surface area contributed by atoms with Gasteiger partial charge in [-0.1, -0.05) is 13.8 Å². The summed E-state index contributed by atoms with van der Waals surface area (Å²) in [5.74, 6) is 1.25. The maximum Gasteiger partial charge on any atom is 0.123 e. The molecule has 3 heteroatoms. The molecule has 0 fully saturated rings. The van der Waals surface area contributed by atoms with Gasteiger partial charge in [0, 0.05) is 18.8 Å². The van der Waals surface area contributed by atoms with Crippen LogP contribution in [0.25, 0.3) is 0 Å². The molecule has 0 atom stereocenters. The van der Waals surface area contributed by atoms with Crippen LogP contribution in [0.3, 0.4) is 0 Å². The van der Waals surface area contributed by atoms with Gasteiger partial charge in [-0.3, -0.25) is 0 Å². The number of nitrogens with one attached hydrogen (secondary N) is 1. The zero-order valence-corrected chi connectivity index (χ0v) is 9.64. The quantitative estimate of drug-likeness (QED) is 0.695. The van der Waals surface area contributed by atoms with Crippen LogP contribution >= 0.6 is 0 Å². The molecule has 0 bridgehead atoms. The molecule has 0 saturated carbocycles. The van der Waals surface area contributed by atoms with Crippen molar-refractivity contribution in [2.45, 2.75) is 46.2 Å². The molecule has 1 aromatic rings. The second kappa shape index (κ2) is 3.08. The Morgan fingerprint density at radius 1 is 1.40 bits per heavy atom. The maximum absolute atomic E-state index is 4.76. The van der Waals surface area contributed by atoms with Crippen LogP contribution in [0.15, 0.2) is 0 Å². The first-order valence-corrected chi connectivity index (χ1v) is 5.94. The molecule has 3 rings (SSSR count). The Labute approximate surface area is 90.9 Å². The van der Waals surface area contributed by atoms with Crippen molar-refractivity contribution in [3.8, 4) is 0 Å². The van der Waals surface area contributed by atoms with E-state index < -0.39 is 0 Å². The van der Waals surface area contributed by atoms with Crippen molar-refractivity contribution in [2.24, 2.45) is 5.41 Å². The molecule has 1 aliphatic carbocycles. The van der Waals surface area contributed by atoms with E-state index >= 15 is 0 Å². The summed E-state index contributed by atoms with van der Waals surface area (Å²) >= 11 is 0.